The van der Waals surface area contributed by atoms with E-state index in [9.17, 15) is 4.79 Å². The second kappa shape index (κ2) is 8.62. The molecule has 1 aromatic heterocycles. The number of aromatic nitrogens is 1. The molecule has 4 saturated carbocycles. The molecular weight excluding hydrogens is 444 g/mol. The van der Waals surface area contributed by atoms with Crippen molar-refractivity contribution < 1.29 is 4.79 Å². The average molecular weight is 473 g/mol. The quantitative estimate of drug-likeness (QED) is 0.313. The fourth-order valence-corrected chi connectivity index (χ4v) is 7.15. The van der Waals surface area contributed by atoms with Crippen molar-refractivity contribution in [3.63, 3.8) is 0 Å². The second-order valence-corrected chi connectivity index (χ2v) is 10.8. The molecule has 0 saturated heterocycles. The van der Waals surface area contributed by atoms with Crippen molar-refractivity contribution in [1.29, 1.82) is 0 Å². The first kappa shape index (κ1) is 21.5. The van der Waals surface area contributed by atoms with Crippen LogP contribution in [0.4, 0.5) is 10.5 Å². The van der Waals surface area contributed by atoms with Gasteiger partial charge in [-0.05, 0) is 116 Å². The first-order valence-electron chi connectivity index (χ1n) is 12.2. The van der Waals surface area contributed by atoms with Gasteiger partial charge in [-0.2, -0.15) is 5.10 Å². The number of amides is 2. The number of hydrogen-bond donors (Lipinski definition) is 2. The Balaban J connectivity index is 1.07. The third kappa shape index (κ3) is 4.14. The largest absolute Gasteiger partial charge is 0.339 e. The molecule has 0 unspecified atom stereocenters. The van der Waals surface area contributed by atoms with Gasteiger partial charge in [0.05, 0.1) is 11.9 Å². The third-order valence-corrected chi connectivity index (χ3v) is 8.29. The molecule has 0 atom stereocenters. The Morgan fingerprint density at radius 2 is 1.59 bits per heavy atom. The third-order valence-electron chi connectivity index (χ3n) is 8.04. The van der Waals surface area contributed by atoms with Crippen LogP contribution in [0.25, 0.3) is 5.69 Å². The number of urea groups is 1. The predicted molar refractivity (Wildman–Crippen MR) is 137 cm³/mol. The van der Waals surface area contributed by atoms with Gasteiger partial charge in [-0.3, -0.25) is 0 Å². The number of anilines is 1. The summed E-state index contributed by atoms with van der Waals surface area (Å²) in [6.07, 6.45) is 12.0. The van der Waals surface area contributed by atoms with Crippen molar-refractivity contribution in [2.24, 2.45) is 22.9 Å². The molecule has 4 aliphatic rings. The highest BCUT2D eigenvalue weighted by atomic mass is 35.5. The van der Waals surface area contributed by atoms with Gasteiger partial charge in [0.15, 0.2) is 0 Å². The van der Waals surface area contributed by atoms with Crippen LogP contribution < -0.4 is 10.7 Å². The van der Waals surface area contributed by atoms with Crippen molar-refractivity contribution in [2.45, 2.75) is 43.9 Å². The normalized spacial score (nSPS) is 27.3. The van der Waals surface area contributed by atoms with Crippen molar-refractivity contribution in [3.8, 4) is 5.69 Å². The standard InChI is InChI=1S/C28H29ClN4O/c29-23-5-9-25(10-6-23)33-11-1-2-26(33)18-30-32-27(34)31-24-7-3-22(4-8-24)28-15-19-12-20(16-28)14-21(13-19)17-28/h1-11,18-21H,12-17H2,(H2,31,32,34)/b30-18+. The molecule has 3 aromatic rings. The van der Waals surface area contributed by atoms with E-state index in [-0.39, 0.29) is 6.03 Å². The van der Waals surface area contributed by atoms with E-state index in [0.29, 0.717) is 10.4 Å². The minimum Gasteiger partial charge on any atom is -0.316 e. The molecule has 34 heavy (non-hydrogen) atoms. The zero-order valence-corrected chi connectivity index (χ0v) is 19.8. The molecule has 0 radical (unpaired) electrons. The molecule has 6 heteroatoms. The van der Waals surface area contributed by atoms with Crippen LogP contribution in [0, 0.1) is 17.8 Å². The molecular formula is C28H29ClN4O. The Morgan fingerprint density at radius 3 is 2.24 bits per heavy atom. The number of benzene rings is 2. The van der Waals surface area contributed by atoms with Crippen molar-refractivity contribution in [1.82, 2.24) is 9.99 Å². The van der Waals surface area contributed by atoms with Crippen molar-refractivity contribution in [3.05, 3.63) is 83.1 Å². The Labute approximate surface area is 205 Å². The predicted octanol–water partition coefficient (Wildman–Crippen LogP) is 6.75. The fourth-order valence-electron chi connectivity index (χ4n) is 7.02. The molecule has 4 fully saturated rings. The number of hydrogen-bond acceptors (Lipinski definition) is 2. The Kier molecular flexibility index (Phi) is 5.45. The number of halogens is 1. The van der Waals surface area contributed by atoms with E-state index in [0.717, 1.165) is 34.8 Å². The Morgan fingerprint density at radius 1 is 0.941 bits per heavy atom. The minimum absolute atomic E-state index is 0.358. The molecule has 7 rings (SSSR count). The summed E-state index contributed by atoms with van der Waals surface area (Å²) >= 11 is 5.99. The highest BCUT2D eigenvalue weighted by Crippen LogP contribution is 2.60. The van der Waals surface area contributed by atoms with Crippen LogP contribution in [-0.2, 0) is 5.41 Å². The van der Waals surface area contributed by atoms with Gasteiger partial charge in [0.2, 0.25) is 0 Å². The van der Waals surface area contributed by atoms with E-state index in [1.54, 1.807) is 6.21 Å². The van der Waals surface area contributed by atoms with Crippen molar-refractivity contribution >= 4 is 29.5 Å². The van der Waals surface area contributed by atoms with Gasteiger partial charge in [-0.15, -0.1) is 0 Å². The van der Waals surface area contributed by atoms with Crippen molar-refractivity contribution in [2.75, 3.05) is 5.32 Å². The first-order valence-corrected chi connectivity index (χ1v) is 12.6. The van der Waals surface area contributed by atoms with E-state index >= 15 is 0 Å². The van der Waals surface area contributed by atoms with E-state index < -0.39 is 0 Å². The molecule has 174 valence electrons. The maximum absolute atomic E-state index is 12.4. The first-order chi connectivity index (χ1) is 16.6. The minimum atomic E-state index is -0.358. The maximum atomic E-state index is 12.4. The number of nitrogens with one attached hydrogen (secondary N) is 2. The van der Waals surface area contributed by atoms with E-state index in [1.165, 1.54) is 44.1 Å². The van der Waals surface area contributed by atoms with Crippen LogP contribution in [0.1, 0.15) is 49.8 Å². The van der Waals surface area contributed by atoms with Gasteiger partial charge in [0.25, 0.3) is 0 Å². The summed E-state index contributed by atoms with van der Waals surface area (Å²) < 4.78 is 1.97. The van der Waals surface area contributed by atoms with E-state index in [2.05, 4.69) is 28.0 Å². The SMILES string of the molecule is O=C(N/N=C/c1cccn1-c1ccc(Cl)cc1)Nc1ccc(C23CC4CC(CC(C4)C2)C3)cc1. The van der Waals surface area contributed by atoms with E-state index in [4.69, 9.17) is 11.6 Å². The van der Waals surface area contributed by atoms with Crippen LogP contribution in [0.3, 0.4) is 0 Å². The van der Waals surface area contributed by atoms with E-state index in [1.807, 2.05) is 59.3 Å². The number of hydrazone groups is 1. The van der Waals surface area contributed by atoms with Gasteiger partial charge in [-0.1, -0.05) is 23.7 Å². The topological polar surface area (TPSA) is 58.4 Å². The molecule has 2 aromatic carbocycles. The Bertz CT molecular complexity index is 1180. The van der Waals surface area contributed by atoms with Crippen LogP contribution in [-0.4, -0.2) is 16.8 Å². The number of carbonyl (C=O) groups is 1. The summed E-state index contributed by atoms with van der Waals surface area (Å²) in [6.45, 7) is 0. The zero-order chi connectivity index (χ0) is 23.1. The number of rotatable bonds is 5. The fraction of sp³-hybridized carbons (Fsp3) is 0.357. The summed E-state index contributed by atoms with van der Waals surface area (Å²) in [6, 6.07) is 19.6. The lowest BCUT2D eigenvalue weighted by atomic mass is 9.48. The lowest BCUT2D eigenvalue weighted by molar-refractivity contribution is -0.00518. The maximum Gasteiger partial charge on any atom is 0.339 e. The second-order valence-electron chi connectivity index (χ2n) is 10.4. The molecule has 0 spiro atoms. The molecule has 2 amide bonds. The average Bonchev–Trinajstić information content (AvgIpc) is 3.28. The number of carbonyl (C=O) groups excluding carboxylic acids is 1. The molecule has 1 heterocycles. The Hall–Kier alpha value is -3.05. The molecule has 4 aliphatic carbocycles. The van der Waals surface area contributed by atoms with Crippen LogP contribution in [0.15, 0.2) is 72.0 Å². The highest BCUT2D eigenvalue weighted by molar-refractivity contribution is 6.30. The van der Waals surface area contributed by atoms with Gasteiger partial charge >= 0.3 is 6.03 Å². The lowest BCUT2D eigenvalue weighted by Crippen LogP contribution is -2.48. The summed E-state index contributed by atoms with van der Waals surface area (Å²) in [5.74, 6) is 2.77. The van der Waals surface area contributed by atoms with Crippen LogP contribution in [0.2, 0.25) is 5.02 Å². The molecule has 2 N–H and O–H groups in total. The summed E-state index contributed by atoms with van der Waals surface area (Å²) in [4.78, 5) is 12.4. The number of nitrogens with zero attached hydrogens (tertiary/aromatic N) is 2. The summed E-state index contributed by atoms with van der Waals surface area (Å²) in [5, 5.41) is 7.70. The molecule has 4 bridgehead atoms. The zero-order valence-electron chi connectivity index (χ0n) is 19.1. The van der Waals surface area contributed by atoms with Gasteiger partial charge in [0.1, 0.15) is 0 Å². The van der Waals surface area contributed by atoms with Gasteiger partial charge in [0, 0.05) is 22.6 Å². The molecule has 0 aliphatic heterocycles. The lowest BCUT2D eigenvalue weighted by Gasteiger charge is -2.57. The summed E-state index contributed by atoms with van der Waals surface area (Å²) in [7, 11) is 0. The van der Waals surface area contributed by atoms with Crippen LogP contribution >= 0.6 is 11.6 Å². The monoisotopic (exact) mass is 472 g/mol. The smallest absolute Gasteiger partial charge is 0.316 e. The summed E-state index contributed by atoms with van der Waals surface area (Å²) in [5.41, 5.74) is 7.00. The highest BCUT2D eigenvalue weighted by Gasteiger charge is 2.51. The van der Waals surface area contributed by atoms with Gasteiger partial charge in [-0.25, -0.2) is 10.2 Å². The van der Waals surface area contributed by atoms with Gasteiger partial charge < -0.3 is 9.88 Å². The van der Waals surface area contributed by atoms with Crippen LogP contribution in [0.5, 0.6) is 0 Å². The molecule has 5 nitrogen and oxygen atoms in total.